The smallest absolute Gasteiger partial charge is 0.475 e. The molecular formula is C20H22F3N5O4. The maximum Gasteiger partial charge on any atom is 0.490 e. The summed E-state index contributed by atoms with van der Waals surface area (Å²) in [6, 6.07) is 7.60. The number of anilines is 1. The number of hydrogen-bond acceptors (Lipinski definition) is 7. The molecule has 2 saturated heterocycles. The van der Waals surface area contributed by atoms with E-state index in [1.807, 2.05) is 29.2 Å². The molecule has 32 heavy (non-hydrogen) atoms. The number of amides is 1. The summed E-state index contributed by atoms with van der Waals surface area (Å²) in [6.07, 6.45) is 1.91. The number of piperidine rings is 1. The van der Waals surface area contributed by atoms with E-state index in [4.69, 9.17) is 14.6 Å². The van der Waals surface area contributed by atoms with Crippen LogP contribution in [0.5, 0.6) is 0 Å². The predicted octanol–water partition coefficient (Wildman–Crippen LogP) is 1.90. The molecule has 0 aromatic carbocycles. The first-order valence-electron chi connectivity index (χ1n) is 9.82. The zero-order valence-electron chi connectivity index (χ0n) is 17.0. The Morgan fingerprint density at radius 2 is 1.72 bits per heavy atom. The van der Waals surface area contributed by atoms with Gasteiger partial charge in [0.25, 0.3) is 0 Å². The predicted molar refractivity (Wildman–Crippen MR) is 106 cm³/mol. The van der Waals surface area contributed by atoms with Crippen molar-refractivity contribution in [3.63, 3.8) is 0 Å². The van der Waals surface area contributed by atoms with Crippen LogP contribution in [0, 0.1) is 0 Å². The number of halogens is 3. The number of carbonyl (C=O) groups excluding carboxylic acids is 1. The van der Waals surface area contributed by atoms with E-state index in [0.29, 0.717) is 13.1 Å². The van der Waals surface area contributed by atoms with Crippen LogP contribution in [0.25, 0.3) is 0 Å². The summed E-state index contributed by atoms with van der Waals surface area (Å²) in [4.78, 5) is 38.2. The molecule has 12 heteroatoms. The van der Waals surface area contributed by atoms with Crippen LogP contribution in [-0.4, -0.2) is 74.9 Å². The van der Waals surface area contributed by atoms with Crippen LogP contribution < -0.4 is 4.90 Å². The van der Waals surface area contributed by atoms with Crippen LogP contribution in [-0.2, 0) is 20.9 Å². The van der Waals surface area contributed by atoms with Gasteiger partial charge in [0.2, 0.25) is 11.9 Å². The minimum absolute atomic E-state index is 0.0325. The van der Waals surface area contributed by atoms with Crippen molar-refractivity contribution in [1.82, 2.24) is 19.9 Å². The number of carboxylic acid groups (broad SMARTS) is 1. The Morgan fingerprint density at radius 1 is 1.09 bits per heavy atom. The number of carbonyl (C=O) groups is 2. The van der Waals surface area contributed by atoms with E-state index in [2.05, 4.69) is 19.9 Å². The Labute approximate surface area is 181 Å². The van der Waals surface area contributed by atoms with E-state index in [9.17, 15) is 18.0 Å². The molecule has 0 aliphatic carbocycles. The van der Waals surface area contributed by atoms with Crippen molar-refractivity contribution in [1.29, 1.82) is 0 Å². The Bertz CT molecular complexity index is 906. The number of ether oxygens (including phenoxy) is 1. The summed E-state index contributed by atoms with van der Waals surface area (Å²) in [5.74, 6) is -1.97. The molecule has 0 bridgehead atoms. The molecule has 172 valence electrons. The Balaban J connectivity index is 0.000000360. The van der Waals surface area contributed by atoms with Crippen LogP contribution in [0.15, 0.2) is 42.9 Å². The first-order valence-corrected chi connectivity index (χ1v) is 9.82. The summed E-state index contributed by atoms with van der Waals surface area (Å²) in [6.45, 7) is 2.96. The van der Waals surface area contributed by atoms with Gasteiger partial charge in [0.1, 0.15) is 6.61 Å². The molecule has 2 aromatic rings. The Kier molecular flexibility index (Phi) is 7.23. The quantitative estimate of drug-likeness (QED) is 0.751. The largest absolute Gasteiger partial charge is 0.490 e. The number of morpholine rings is 1. The molecule has 0 atom stereocenters. The number of hydrogen-bond donors (Lipinski definition) is 1. The van der Waals surface area contributed by atoms with Gasteiger partial charge in [-0.1, -0.05) is 6.07 Å². The summed E-state index contributed by atoms with van der Waals surface area (Å²) in [7, 11) is 0. The van der Waals surface area contributed by atoms with Gasteiger partial charge in [0, 0.05) is 31.7 Å². The van der Waals surface area contributed by atoms with Gasteiger partial charge < -0.3 is 19.6 Å². The molecule has 2 aromatic heterocycles. The number of aliphatic carboxylic acids is 1. The number of carboxylic acids is 1. The molecule has 2 aliphatic heterocycles. The average Bonchev–Trinajstić information content (AvgIpc) is 2.78. The third-order valence-corrected chi connectivity index (χ3v) is 5.16. The van der Waals surface area contributed by atoms with Gasteiger partial charge in [0.05, 0.1) is 24.4 Å². The monoisotopic (exact) mass is 453 g/mol. The number of alkyl halides is 3. The molecule has 1 N–H and O–H groups in total. The molecule has 0 radical (unpaired) electrons. The van der Waals surface area contributed by atoms with Crippen LogP contribution in [0.3, 0.4) is 0 Å². The van der Waals surface area contributed by atoms with Gasteiger partial charge in [-0.25, -0.2) is 14.8 Å². The molecule has 0 unspecified atom stereocenters. The SMILES string of the molecule is O=C(O)C(F)(F)F.O=C1COC2(CCN(c3ncccn3)CC2)CN1Cc1ccccn1. The average molecular weight is 453 g/mol. The van der Waals surface area contributed by atoms with Gasteiger partial charge >= 0.3 is 12.1 Å². The molecule has 1 spiro atoms. The second kappa shape index (κ2) is 9.90. The Morgan fingerprint density at radius 3 is 2.28 bits per heavy atom. The lowest BCUT2D eigenvalue weighted by atomic mass is 9.89. The lowest BCUT2D eigenvalue weighted by Gasteiger charge is -2.46. The molecule has 4 heterocycles. The third kappa shape index (κ3) is 6.13. The lowest BCUT2D eigenvalue weighted by molar-refractivity contribution is -0.192. The van der Waals surface area contributed by atoms with Gasteiger partial charge in [-0.2, -0.15) is 13.2 Å². The highest BCUT2D eigenvalue weighted by Crippen LogP contribution is 2.32. The van der Waals surface area contributed by atoms with E-state index >= 15 is 0 Å². The number of pyridine rings is 1. The highest BCUT2D eigenvalue weighted by molar-refractivity contribution is 5.78. The summed E-state index contributed by atoms with van der Waals surface area (Å²) < 4.78 is 37.7. The first-order chi connectivity index (χ1) is 15.2. The van der Waals surface area contributed by atoms with E-state index < -0.39 is 12.1 Å². The van der Waals surface area contributed by atoms with Gasteiger partial charge in [-0.15, -0.1) is 0 Å². The summed E-state index contributed by atoms with van der Waals surface area (Å²) in [5.41, 5.74) is 0.636. The van der Waals surface area contributed by atoms with Crippen LogP contribution >= 0.6 is 0 Å². The fourth-order valence-electron chi connectivity index (χ4n) is 3.49. The highest BCUT2D eigenvalue weighted by atomic mass is 19.4. The van der Waals surface area contributed by atoms with Crippen molar-refractivity contribution in [3.8, 4) is 0 Å². The molecule has 0 saturated carbocycles. The third-order valence-electron chi connectivity index (χ3n) is 5.16. The van der Waals surface area contributed by atoms with Crippen molar-refractivity contribution in [2.24, 2.45) is 0 Å². The first kappa shape index (κ1) is 23.4. The molecule has 4 rings (SSSR count). The molecule has 1 amide bonds. The maximum atomic E-state index is 12.3. The lowest BCUT2D eigenvalue weighted by Crippen LogP contribution is -2.58. The second-order valence-corrected chi connectivity index (χ2v) is 7.38. The van der Waals surface area contributed by atoms with Gasteiger partial charge in [-0.05, 0) is 31.0 Å². The van der Waals surface area contributed by atoms with E-state index in [-0.39, 0.29) is 18.1 Å². The fraction of sp³-hybridized carbons (Fsp3) is 0.450. The van der Waals surface area contributed by atoms with Crippen LogP contribution in [0.4, 0.5) is 19.1 Å². The standard InChI is InChI=1S/C18H21N5O2.C2HF3O2/c24-16-13-25-18(14-23(16)12-15-4-1-2-7-19-15)5-10-22(11-6-18)17-20-8-3-9-21-17;3-2(4,5)1(6)7/h1-4,7-9H,5-6,10-14H2;(H,6,7). The second-order valence-electron chi connectivity index (χ2n) is 7.38. The van der Waals surface area contributed by atoms with Crippen molar-refractivity contribution in [2.45, 2.75) is 31.2 Å². The molecular weight excluding hydrogens is 431 g/mol. The minimum atomic E-state index is -5.08. The zero-order chi connectivity index (χ0) is 23.2. The summed E-state index contributed by atoms with van der Waals surface area (Å²) >= 11 is 0. The van der Waals surface area contributed by atoms with Crippen molar-refractivity contribution >= 4 is 17.8 Å². The van der Waals surface area contributed by atoms with E-state index in [1.165, 1.54) is 0 Å². The highest BCUT2D eigenvalue weighted by Gasteiger charge is 2.42. The molecule has 2 fully saturated rings. The minimum Gasteiger partial charge on any atom is -0.475 e. The van der Waals surface area contributed by atoms with Crippen LogP contribution in [0.2, 0.25) is 0 Å². The van der Waals surface area contributed by atoms with Crippen molar-refractivity contribution in [2.75, 3.05) is 31.1 Å². The maximum absolute atomic E-state index is 12.3. The van der Waals surface area contributed by atoms with Crippen molar-refractivity contribution in [3.05, 3.63) is 48.5 Å². The topological polar surface area (TPSA) is 109 Å². The van der Waals surface area contributed by atoms with E-state index in [0.717, 1.165) is 37.6 Å². The number of nitrogens with zero attached hydrogens (tertiary/aromatic N) is 5. The number of rotatable bonds is 3. The zero-order valence-corrected chi connectivity index (χ0v) is 17.0. The van der Waals surface area contributed by atoms with E-state index in [1.54, 1.807) is 18.6 Å². The Hall–Kier alpha value is -3.28. The van der Waals surface area contributed by atoms with Gasteiger partial charge in [0.15, 0.2) is 0 Å². The fourth-order valence-corrected chi connectivity index (χ4v) is 3.49. The molecule has 9 nitrogen and oxygen atoms in total. The van der Waals surface area contributed by atoms with Crippen LogP contribution in [0.1, 0.15) is 18.5 Å². The summed E-state index contributed by atoms with van der Waals surface area (Å²) in [5, 5.41) is 7.12. The van der Waals surface area contributed by atoms with Crippen molar-refractivity contribution < 1.29 is 32.6 Å². The molecule has 2 aliphatic rings. The normalized spacial score (nSPS) is 18.2. The number of aromatic nitrogens is 3. The van der Waals surface area contributed by atoms with Gasteiger partial charge in [-0.3, -0.25) is 9.78 Å².